The van der Waals surface area contributed by atoms with Crippen LogP contribution in [0.5, 0.6) is 0 Å². The summed E-state index contributed by atoms with van der Waals surface area (Å²) in [7, 11) is 0. The van der Waals surface area contributed by atoms with Crippen molar-refractivity contribution < 1.29 is 4.39 Å². The van der Waals surface area contributed by atoms with Crippen LogP contribution in [-0.2, 0) is 0 Å². The molecule has 0 fully saturated rings. The summed E-state index contributed by atoms with van der Waals surface area (Å²) < 4.78 is 13.9. The van der Waals surface area contributed by atoms with Crippen molar-refractivity contribution in [3.63, 3.8) is 0 Å². The molecule has 2 N–H and O–H groups in total. The highest BCUT2D eigenvalue weighted by molar-refractivity contribution is 5.56. The lowest BCUT2D eigenvalue weighted by Gasteiger charge is -2.32. The summed E-state index contributed by atoms with van der Waals surface area (Å²) in [4.78, 5) is 2.21. The SMILES string of the molecule is CCC(C)N(CC)c1cccc(F)c1[C@@H](C)N. The second-order valence-electron chi connectivity index (χ2n) is 4.50. The molecule has 1 aromatic rings. The maximum absolute atomic E-state index is 13.9. The lowest BCUT2D eigenvalue weighted by atomic mass is 10.0. The Kier molecular flexibility index (Phi) is 4.94. The molecule has 0 aliphatic carbocycles. The fourth-order valence-electron chi connectivity index (χ4n) is 2.17. The minimum atomic E-state index is -0.288. The number of hydrogen-bond donors (Lipinski definition) is 1. The highest BCUT2D eigenvalue weighted by Crippen LogP contribution is 2.29. The van der Waals surface area contributed by atoms with Gasteiger partial charge in [0, 0.05) is 29.9 Å². The number of benzene rings is 1. The van der Waals surface area contributed by atoms with E-state index in [0.29, 0.717) is 11.6 Å². The van der Waals surface area contributed by atoms with E-state index in [1.807, 2.05) is 13.0 Å². The van der Waals surface area contributed by atoms with Crippen LogP contribution in [0, 0.1) is 5.82 Å². The van der Waals surface area contributed by atoms with Crippen LogP contribution in [-0.4, -0.2) is 12.6 Å². The summed E-state index contributed by atoms with van der Waals surface area (Å²) in [5.41, 5.74) is 7.43. The zero-order chi connectivity index (χ0) is 13.0. The van der Waals surface area contributed by atoms with Crippen LogP contribution >= 0.6 is 0 Å². The van der Waals surface area contributed by atoms with Gasteiger partial charge in [-0.3, -0.25) is 0 Å². The monoisotopic (exact) mass is 238 g/mol. The van der Waals surface area contributed by atoms with E-state index in [-0.39, 0.29) is 11.9 Å². The largest absolute Gasteiger partial charge is 0.369 e. The Morgan fingerprint density at radius 2 is 1.94 bits per heavy atom. The summed E-state index contributed by atoms with van der Waals surface area (Å²) in [5.74, 6) is -0.209. The average Bonchev–Trinajstić information content (AvgIpc) is 2.29. The average molecular weight is 238 g/mol. The highest BCUT2D eigenvalue weighted by Gasteiger charge is 2.19. The van der Waals surface area contributed by atoms with Crippen molar-refractivity contribution in [2.45, 2.75) is 46.2 Å². The molecule has 0 saturated carbocycles. The van der Waals surface area contributed by atoms with Gasteiger partial charge in [0.25, 0.3) is 0 Å². The molecule has 0 amide bonds. The van der Waals surface area contributed by atoms with Crippen molar-refractivity contribution in [3.8, 4) is 0 Å². The second-order valence-corrected chi connectivity index (χ2v) is 4.50. The van der Waals surface area contributed by atoms with E-state index < -0.39 is 0 Å². The van der Waals surface area contributed by atoms with Crippen LogP contribution in [0.2, 0.25) is 0 Å². The Balaban J connectivity index is 3.23. The van der Waals surface area contributed by atoms with E-state index in [0.717, 1.165) is 18.7 Å². The van der Waals surface area contributed by atoms with Gasteiger partial charge in [-0.2, -0.15) is 0 Å². The molecule has 1 rings (SSSR count). The standard InChI is InChI=1S/C14H23FN2/c1-5-10(3)17(6-2)13-9-7-8-12(15)14(13)11(4)16/h7-11H,5-6,16H2,1-4H3/t10?,11-/m1/s1. The Bertz CT molecular complexity index is 363. The maximum Gasteiger partial charge on any atom is 0.130 e. The lowest BCUT2D eigenvalue weighted by Crippen LogP contribution is -2.34. The van der Waals surface area contributed by atoms with Crippen molar-refractivity contribution >= 4 is 5.69 Å². The van der Waals surface area contributed by atoms with Crippen molar-refractivity contribution in [1.29, 1.82) is 0 Å². The van der Waals surface area contributed by atoms with E-state index in [1.54, 1.807) is 6.07 Å². The molecular formula is C14H23FN2. The molecule has 0 heterocycles. The van der Waals surface area contributed by atoms with Gasteiger partial charge in [0.2, 0.25) is 0 Å². The normalized spacial score (nSPS) is 14.5. The Labute approximate surface area is 104 Å². The van der Waals surface area contributed by atoms with Crippen LogP contribution in [0.25, 0.3) is 0 Å². The molecule has 0 saturated heterocycles. The minimum Gasteiger partial charge on any atom is -0.369 e. The van der Waals surface area contributed by atoms with Crippen LogP contribution in [0.15, 0.2) is 18.2 Å². The third-order valence-corrected chi connectivity index (χ3v) is 3.26. The third-order valence-electron chi connectivity index (χ3n) is 3.26. The molecule has 2 atom stereocenters. The topological polar surface area (TPSA) is 29.3 Å². The predicted octanol–water partition coefficient (Wildman–Crippen LogP) is 3.47. The number of nitrogens with two attached hydrogens (primary N) is 1. The summed E-state index contributed by atoms with van der Waals surface area (Å²) in [6.07, 6.45) is 1.03. The molecule has 2 nitrogen and oxygen atoms in total. The maximum atomic E-state index is 13.9. The summed E-state index contributed by atoms with van der Waals surface area (Å²) in [6, 6.07) is 5.29. The Morgan fingerprint density at radius 1 is 1.29 bits per heavy atom. The van der Waals surface area contributed by atoms with E-state index in [4.69, 9.17) is 5.73 Å². The van der Waals surface area contributed by atoms with E-state index in [1.165, 1.54) is 6.07 Å². The Morgan fingerprint density at radius 3 is 2.41 bits per heavy atom. The summed E-state index contributed by atoms with van der Waals surface area (Å²) >= 11 is 0. The first-order valence-corrected chi connectivity index (χ1v) is 6.33. The minimum absolute atomic E-state index is 0.209. The van der Waals surface area contributed by atoms with Crippen LogP contribution in [0.3, 0.4) is 0 Å². The van der Waals surface area contributed by atoms with Gasteiger partial charge in [-0.05, 0) is 39.3 Å². The fourth-order valence-corrected chi connectivity index (χ4v) is 2.17. The van der Waals surface area contributed by atoms with Gasteiger partial charge >= 0.3 is 0 Å². The van der Waals surface area contributed by atoms with E-state index >= 15 is 0 Å². The first-order valence-electron chi connectivity index (χ1n) is 6.33. The molecule has 0 aromatic heterocycles. The smallest absolute Gasteiger partial charge is 0.130 e. The molecule has 0 bridgehead atoms. The predicted molar refractivity (Wildman–Crippen MR) is 71.8 cm³/mol. The second kappa shape index (κ2) is 6.01. The molecule has 0 aliphatic rings. The summed E-state index contributed by atoms with van der Waals surface area (Å²) in [5, 5.41) is 0. The van der Waals surface area contributed by atoms with Gasteiger partial charge in [-0.15, -0.1) is 0 Å². The molecule has 1 aromatic carbocycles. The van der Waals surface area contributed by atoms with E-state index in [9.17, 15) is 4.39 Å². The van der Waals surface area contributed by atoms with E-state index in [2.05, 4.69) is 25.7 Å². The van der Waals surface area contributed by atoms with Crippen LogP contribution in [0.4, 0.5) is 10.1 Å². The molecule has 0 spiro atoms. The Hall–Kier alpha value is -1.09. The van der Waals surface area contributed by atoms with Crippen molar-refractivity contribution in [2.75, 3.05) is 11.4 Å². The number of nitrogens with zero attached hydrogens (tertiary/aromatic N) is 1. The molecule has 3 heteroatoms. The molecule has 96 valence electrons. The quantitative estimate of drug-likeness (QED) is 0.851. The number of halogens is 1. The van der Waals surface area contributed by atoms with Gasteiger partial charge in [0.1, 0.15) is 5.82 Å². The molecule has 0 aliphatic heterocycles. The van der Waals surface area contributed by atoms with Crippen LogP contribution < -0.4 is 10.6 Å². The van der Waals surface area contributed by atoms with Crippen molar-refractivity contribution in [3.05, 3.63) is 29.6 Å². The molecule has 0 radical (unpaired) electrons. The van der Waals surface area contributed by atoms with Crippen molar-refractivity contribution in [1.82, 2.24) is 0 Å². The first kappa shape index (κ1) is 14.0. The lowest BCUT2D eigenvalue weighted by molar-refractivity contribution is 0.580. The van der Waals surface area contributed by atoms with Crippen LogP contribution in [0.1, 0.15) is 45.7 Å². The van der Waals surface area contributed by atoms with Crippen molar-refractivity contribution in [2.24, 2.45) is 5.73 Å². The number of rotatable bonds is 5. The fraction of sp³-hybridized carbons (Fsp3) is 0.571. The van der Waals surface area contributed by atoms with Gasteiger partial charge in [-0.25, -0.2) is 4.39 Å². The molecule has 17 heavy (non-hydrogen) atoms. The third kappa shape index (κ3) is 2.97. The van der Waals surface area contributed by atoms with Gasteiger partial charge in [0.15, 0.2) is 0 Å². The van der Waals surface area contributed by atoms with Gasteiger partial charge in [0.05, 0.1) is 0 Å². The highest BCUT2D eigenvalue weighted by atomic mass is 19.1. The molecule has 1 unspecified atom stereocenters. The zero-order valence-corrected chi connectivity index (χ0v) is 11.2. The van der Waals surface area contributed by atoms with Gasteiger partial charge < -0.3 is 10.6 Å². The number of anilines is 1. The van der Waals surface area contributed by atoms with Gasteiger partial charge in [-0.1, -0.05) is 13.0 Å². The first-order chi connectivity index (χ1) is 8.02. The summed E-state index contributed by atoms with van der Waals surface area (Å²) in [6.45, 7) is 9.06. The zero-order valence-electron chi connectivity index (χ0n) is 11.2. The number of hydrogen-bond acceptors (Lipinski definition) is 2. The molecular weight excluding hydrogens is 215 g/mol.